The smallest absolute Gasteiger partial charge is 0.124 e. The standard InChI is InChI=1S/C33H41N3OS/c1-32(2,3)26-19-23(20-27(29(26)37)33(4,5)6)31-34-28(21-11-15-24(16-12-21)35(7)8)30(38-31)22-13-17-25(18-14-22)36(9)10/h11-20,37H,1-10H3. The molecule has 4 aromatic rings. The summed E-state index contributed by atoms with van der Waals surface area (Å²) in [5.41, 5.74) is 8.09. The lowest BCUT2D eigenvalue weighted by Crippen LogP contribution is -2.17. The summed E-state index contributed by atoms with van der Waals surface area (Å²) >= 11 is 1.71. The quantitative estimate of drug-likeness (QED) is 0.282. The number of anilines is 2. The maximum absolute atomic E-state index is 11.3. The van der Waals surface area contributed by atoms with Crippen LogP contribution in [0.2, 0.25) is 0 Å². The first-order chi connectivity index (χ1) is 17.7. The maximum Gasteiger partial charge on any atom is 0.124 e. The minimum absolute atomic E-state index is 0.201. The van der Waals surface area contributed by atoms with E-state index in [1.807, 2.05) is 0 Å². The van der Waals surface area contributed by atoms with Crippen LogP contribution in [0.5, 0.6) is 5.75 Å². The van der Waals surface area contributed by atoms with E-state index in [1.54, 1.807) is 11.3 Å². The molecular formula is C33H41N3OS. The van der Waals surface area contributed by atoms with E-state index in [1.165, 1.54) is 5.69 Å². The summed E-state index contributed by atoms with van der Waals surface area (Å²) in [6, 6.07) is 21.5. The summed E-state index contributed by atoms with van der Waals surface area (Å²) < 4.78 is 0. The van der Waals surface area contributed by atoms with Gasteiger partial charge in [0.05, 0.1) is 10.6 Å². The predicted octanol–water partition coefficient (Wildman–Crippen LogP) is 8.58. The van der Waals surface area contributed by atoms with Crippen molar-refractivity contribution in [2.24, 2.45) is 0 Å². The van der Waals surface area contributed by atoms with Crippen LogP contribution in [0.15, 0.2) is 60.7 Å². The van der Waals surface area contributed by atoms with E-state index >= 15 is 0 Å². The van der Waals surface area contributed by atoms with Gasteiger partial charge in [-0.05, 0) is 52.8 Å². The third-order valence-electron chi connectivity index (χ3n) is 6.90. The molecule has 5 heteroatoms. The number of thiazole rings is 1. The molecule has 0 radical (unpaired) electrons. The number of phenolic OH excluding ortho intramolecular Hbond substituents is 1. The van der Waals surface area contributed by atoms with Crippen molar-refractivity contribution in [3.63, 3.8) is 0 Å². The molecule has 200 valence electrons. The fourth-order valence-corrected chi connectivity index (χ4v) is 5.64. The number of hydrogen-bond acceptors (Lipinski definition) is 5. The van der Waals surface area contributed by atoms with Crippen LogP contribution in [-0.4, -0.2) is 38.3 Å². The van der Waals surface area contributed by atoms with Crippen molar-refractivity contribution in [3.8, 4) is 38.0 Å². The van der Waals surface area contributed by atoms with Gasteiger partial charge in [0.2, 0.25) is 0 Å². The molecule has 0 fully saturated rings. The molecule has 3 aromatic carbocycles. The van der Waals surface area contributed by atoms with E-state index < -0.39 is 0 Å². The van der Waals surface area contributed by atoms with E-state index in [4.69, 9.17) is 4.98 Å². The fraction of sp³-hybridized carbons (Fsp3) is 0.364. The number of aromatic hydroxyl groups is 1. The van der Waals surface area contributed by atoms with Gasteiger partial charge in [0, 0.05) is 61.8 Å². The van der Waals surface area contributed by atoms with Gasteiger partial charge in [-0.25, -0.2) is 4.98 Å². The van der Waals surface area contributed by atoms with Gasteiger partial charge in [0.15, 0.2) is 0 Å². The van der Waals surface area contributed by atoms with Crippen LogP contribution < -0.4 is 9.80 Å². The number of rotatable bonds is 5. The van der Waals surface area contributed by atoms with Crippen LogP contribution in [0, 0.1) is 0 Å². The SMILES string of the molecule is CN(C)c1ccc(-c2nc(-c3cc(C(C)(C)C)c(O)c(C(C)(C)C)c3)sc2-c2ccc(N(C)C)cc2)cc1. The molecule has 0 amide bonds. The number of benzene rings is 3. The highest BCUT2D eigenvalue weighted by Gasteiger charge is 2.28. The number of nitrogens with zero attached hydrogens (tertiary/aromatic N) is 3. The van der Waals surface area contributed by atoms with E-state index in [9.17, 15) is 5.11 Å². The van der Waals surface area contributed by atoms with Crippen LogP contribution >= 0.6 is 11.3 Å². The average Bonchev–Trinajstić information content (AvgIpc) is 3.28. The van der Waals surface area contributed by atoms with Crippen LogP contribution in [-0.2, 0) is 10.8 Å². The van der Waals surface area contributed by atoms with Crippen molar-refractivity contribution in [2.45, 2.75) is 52.4 Å². The van der Waals surface area contributed by atoms with Gasteiger partial charge in [-0.3, -0.25) is 0 Å². The van der Waals surface area contributed by atoms with Gasteiger partial charge in [0.25, 0.3) is 0 Å². The number of phenols is 1. The topological polar surface area (TPSA) is 39.6 Å². The summed E-state index contributed by atoms with van der Waals surface area (Å²) in [5.74, 6) is 0.393. The third-order valence-corrected chi connectivity index (χ3v) is 8.06. The van der Waals surface area contributed by atoms with Gasteiger partial charge in [-0.2, -0.15) is 0 Å². The Morgan fingerprint density at radius 1 is 0.632 bits per heavy atom. The van der Waals surface area contributed by atoms with Gasteiger partial charge in [-0.15, -0.1) is 11.3 Å². The Bertz CT molecular complexity index is 1310. The van der Waals surface area contributed by atoms with Crippen molar-refractivity contribution in [2.75, 3.05) is 38.0 Å². The van der Waals surface area contributed by atoms with Crippen molar-refractivity contribution in [1.29, 1.82) is 0 Å². The Kier molecular flexibility index (Phi) is 7.37. The molecule has 38 heavy (non-hydrogen) atoms. The van der Waals surface area contributed by atoms with Crippen molar-refractivity contribution in [3.05, 3.63) is 71.8 Å². The zero-order valence-corrected chi connectivity index (χ0v) is 25.3. The Morgan fingerprint density at radius 2 is 1.05 bits per heavy atom. The van der Waals surface area contributed by atoms with Crippen LogP contribution in [0.1, 0.15) is 52.7 Å². The lowest BCUT2D eigenvalue weighted by atomic mass is 9.78. The van der Waals surface area contributed by atoms with Crippen molar-refractivity contribution in [1.82, 2.24) is 4.98 Å². The van der Waals surface area contributed by atoms with Gasteiger partial charge >= 0.3 is 0 Å². The number of hydrogen-bond donors (Lipinski definition) is 1. The molecule has 0 saturated heterocycles. The summed E-state index contributed by atoms with van der Waals surface area (Å²) in [4.78, 5) is 10.6. The second-order valence-electron chi connectivity index (χ2n) is 12.5. The third kappa shape index (κ3) is 5.58. The Labute approximate surface area is 232 Å². The zero-order valence-electron chi connectivity index (χ0n) is 24.5. The molecule has 0 aliphatic heterocycles. The monoisotopic (exact) mass is 527 g/mol. The highest BCUT2D eigenvalue weighted by Crippen LogP contribution is 2.46. The first-order valence-corrected chi connectivity index (χ1v) is 13.9. The Balaban J connectivity index is 1.95. The Hall–Kier alpha value is -3.31. The molecule has 0 unspecified atom stereocenters. The van der Waals surface area contributed by atoms with E-state index in [2.05, 4.69) is 140 Å². The molecule has 0 atom stereocenters. The maximum atomic E-state index is 11.3. The van der Waals surface area contributed by atoms with Crippen molar-refractivity contribution >= 4 is 22.7 Å². The fourth-order valence-electron chi connectivity index (χ4n) is 4.56. The summed E-state index contributed by atoms with van der Waals surface area (Å²) in [6.45, 7) is 12.9. The van der Waals surface area contributed by atoms with Crippen LogP contribution in [0.25, 0.3) is 32.3 Å². The minimum atomic E-state index is -0.201. The molecular weight excluding hydrogens is 486 g/mol. The predicted molar refractivity (Wildman–Crippen MR) is 166 cm³/mol. The minimum Gasteiger partial charge on any atom is -0.507 e. The van der Waals surface area contributed by atoms with Gasteiger partial charge < -0.3 is 14.9 Å². The molecule has 1 N–H and O–H groups in total. The molecule has 0 spiro atoms. The molecule has 0 saturated carbocycles. The normalized spacial score (nSPS) is 12.1. The first kappa shape index (κ1) is 27.7. The summed E-state index contributed by atoms with van der Waals surface area (Å²) in [7, 11) is 8.22. The van der Waals surface area contributed by atoms with Gasteiger partial charge in [-0.1, -0.05) is 65.8 Å². The lowest BCUT2D eigenvalue weighted by Gasteiger charge is -2.28. The van der Waals surface area contributed by atoms with Crippen LogP contribution in [0.4, 0.5) is 11.4 Å². The van der Waals surface area contributed by atoms with Crippen LogP contribution in [0.3, 0.4) is 0 Å². The summed E-state index contributed by atoms with van der Waals surface area (Å²) in [6.07, 6.45) is 0. The molecule has 4 rings (SSSR count). The van der Waals surface area contributed by atoms with E-state index in [0.717, 1.165) is 49.1 Å². The molecule has 0 aliphatic carbocycles. The van der Waals surface area contributed by atoms with Gasteiger partial charge in [0.1, 0.15) is 10.8 Å². The number of aromatic nitrogens is 1. The Morgan fingerprint density at radius 3 is 1.45 bits per heavy atom. The zero-order chi connectivity index (χ0) is 28.0. The largest absolute Gasteiger partial charge is 0.507 e. The lowest BCUT2D eigenvalue weighted by molar-refractivity contribution is 0.423. The summed E-state index contributed by atoms with van der Waals surface area (Å²) in [5, 5.41) is 12.2. The van der Waals surface area contributed by atoms with E-state index in [0.29, 0.717) is 5.75 Å². The second-order valence-corrected chi connectivity index (χ2v) is 13.5. The second kappa shape index (κ2) is 10.1. The van der Waals surface area contributed by atoms with E-state index in [-0.39, 0.29) is 10.8 Å². The molecule has 0 bridgehead atoms. The highest BCUT2D eigenvalue weighted by atomic mass is 32.1. The first-order valence-electron chi connectivity index (χ1n) is 13.1. The average molecular weight is 528 g/mol. The molecule has 1 aromatic heterocycles. The van der Waals surface area contributed by atoms with Crippen molar-refractivity contribution < 1.29 is 5.11 Å². The molecule has 4 nitrogen and oxygen atoms in total. The molecule has 0 aliphatic rings. The molecule has 1 heterocycles. The highest BCUT2D eigenvalue weighted by molar-refractivity contribution is 7.19.